The predicted molar refractivity (Wildman–Crippen MR) is 97.0 cm³/mol. The average molecular weight is 475 g/mol. The number of amides is 1. The van der Waals surface area contributed by atoms with Gasteiger partial charge in [-0.05, 0) is 0 Å². The van der Waals surface area contributed by atoms with Crippen LogP contribution in [0.4, 0.5) is 13.6 Å². The van der Waals surface area contributed by atoms with Crippen LogP contribution < -0.4 is 15.4 Å². The fourth-order valence-corrected chi connectivity index (χ4v) is 14.8. The number of nitrogens with one attached hydrogen (secondary N) is 1. The zero-order chi connectivity index (χ0) is 18.4. The molecule has 25 heavy (non-hydrogen) atoms. The van der Waals surface area contributed by atoms with Crippen LogP contribution in [0.3, 0.4) is 0 Å². The quantitative estimate of drug-likeness (QED) is 0.567. The number of nitrogens with two attached hydrogens (primary N) is 1. The summed E-state index contributed by atoms with van der Waals surface area (Å²) in [6.07, 6.45) is 4.08. The molecule has 1 aliphatic rings. The normalized spacial score (nSPS) is 17.1. The predicted octanol–water partition coefficient (Wildman–Crippen LogP) is 2.14. The molecule has 1 fully saturated rings. The SMILES string of the molecule is CCCC[As](C(=O)[As]c1cc(C(N)=O)c(F)cc1F)C1CCNCC1. The Morgan fingerprint density at radius 2 is 1.96 bits per heavy atom. The molecule has 4 nitrogen and oxygen atoms in total. The average Bonchev–Trinajstić information content (AvgIpc) is 2.58. The number of rotatable bonds is 8. The van der Waals surface area contributed by atoms with Crippen molar-refractivity contribution in [2.24, 2.45) is 5.73 Å². The van der Waals surface area contributed by atoms with Crippen molar-refractivity contribution in [3.05, 3.63) is 29.3 Å². The molecule has 1 aliphatic heterocycles. The van der Waals surface area contributed by atoms with Gasteiger partial charge in [-0.15, -0.1) is 0 Å². The molecule has 1 unspecified atom stereocenters. The molecule has 1 heterocycles. The van der Waals surface area contributed by atoms with E-state index in [-0.39, 0.29) is 13.3 Å². The number of piperidine rings is 1. The molecule has 0 aromatic heterocycles. The van der Waals surface area contributed by atoms with Crippen LogP contribution in [0, 0.1) is 11.6 Å². The second kappa shape index (κ2) is 9.85. The monoisotopic (exact) mass is 475 g/mol. The summed E-state index contributed by atoms with van der Waals surface area (Å²) in [6, 6.07) is 1.81. The summed E-state index contributed by atoms with van der Waals surface area (Å²) in [7, 11) is 0. The molecule has 3 N–H and O–H groups in total. The van der Waals surface area contributed by atoms with Crippen molar-refractivity contribution in [3.8, 4) is 0 Å². The summed E-state index contributed by atoms with van der Waals surface area (Å²) in [5, 5.41) is 4.27. The number of carbonyl (C=O) groups excluding carboxylic acids is 2. The van der Waals surface area contributed by atoms with Crippen LogP contribution in [0.15, 0.2) is 12.1 Å². The van der Waals surface area contributed by atoms with Crippen LogP contribution in [0.5, 0.6) is 0 Å². The van der Waals surface area contributed by atoms with Gasteiger partial charge in [0.05, 0.1) is 0 Å². The summed E-state index contributed by atoms with van der Waals surface area (Å²) in [4.78, 5) is 24.2. The van der Waals surface area contributed by atoms with Gasteiger partial charge in [-0.2, -0.15) is 0 Å². The van der Waals surface area contributed by atoms with Crippen LogP contribution in [-0.4, -0.2) is 52.8 Å². The molecule has 1 radical (unpaired) electrons. The summed E-state index contributed by atoms with van der Waals surface area (Å²) in [5.74, 6) is -2.65. The maximum atomic E-state index is 14.1. The summed E-state index contributed by atoms with van der Waals surface area (Å²) >= 11 is -2.83. The number of primary amides is 1. The van der Waals surface area contributed by atoms with E-state index in [2.05, 4.69) is 12.2 Å². The van der Waals surface area contributed by atoms with Crippen molar-refractivity contribution in [2.45, 2.75) is 42.5 Å². The van der Waals surface area contributed by atoms with Crippen molar-refractivity contribution in [2.75, 3.05) is 13.1 Å². The topological polar surface area (TPSA) is 72.2 Å². The van der Waals surface area contributed by atoms with E-state index in [1.165, 1.54) is 0 Å². The Bertz CT molecular complexity index is 637. The molecule has 2 rings (SSSR count). The van der Waals surface area contributed by atoms with Crippen LogP contribution in [0.25, 0.3) is 0 Å². The number of unbranched alkanes of at least 4 members (excludes halogenated alkanes) is 1. The third kappa shape index (κ3) is 5.64. The van der Waals surface area contributed by atoms with E-state index < -0.39 is 47.9 Å². The fourth-order valence-electron chi connectivity index (χ4n) is 2.86. The van der Waals surface area contributed by atoms with Gasteiger partial charge >= 0.3 is 158 Å². The van der Waals surface area contributed by atoms with Crippen molar-refractivity contribution in [3.63, 3.8) is 0 Å². The van der Waals surface area contributed by atoms with Crippen molar-refractivity contribution < 1.29 is 18.4 Å². The molecule has 137 valence electrons. The molecule has 1 amide bonds. The zero-order valence-corrected chi connectivity index (χ0v) is 18.0. The van der Waals surface area contributed by atoms with Crippen LogP contribution >= 0.6 is 0 Å². The molecular formula is C17H23As2F2N2O2. The van der Waals surface area contributed by atoms with E-state index in [0.717, 1.165) is 50.0 Å². The Balaban J connectivity index is 2.19. The summed E-state index contributed by atoms with van der Waals surface area (Å²) < 4.78 is 28.5. The first-order valence-electron chi connectivity index (χ1n) is 8.46. The Hall–Kier alpha value is -0.703. The molecule has 1 atom stereocenters. The first kappa shape index (κ1) is 20.6. The number of hydrogen-bond donors (Lipinski definition) is 2. The first-order valence-corrected chi connectivity index (χ1v) is 13.7. The molecule has 0 aliphatic carbocycles. The molecule has 1 saturated heterocycles. The van der Waals surface area contributed by atoms with E-state index in [9.17, 15) is 18.4 Å². The molecular weight excluding hydrogens is 452 g/mol. The molecule has 8 heteroatoms. The fraction of sp³-hybridized carbons (Fsp3) is 0.529. The van der Waals surface area contributed by atoms with Crippen LogP contribution in [0.1, 0.15) is 43.0 Å². The van der Waals surface area contributed by atoms with Crippen molar-refractivity contribution in [1.82, 2.24) is 5.32 Å². The van der Waals surface area contributed by atoms with Gasteiger partial charge in [0, 0.05) is 0 Å². The number of halogens is 2. The minimum atomic E-state index is -1.76. The van der Waals surface area contributed by atoms with Gasteiger partial charge < -0.3 is 0 Å². The van der Waals surface area contributed by atoms with E-state index in [1.807, 2.05) is 0 Å². The van der Waals surface area contributed by atoms with Gasteiger partial charge in [0.25, 0.3) is 0 Å². The molecule has 1 aromatic rings. The third-order valence-electron chi connectivity index (χ3n) is 4.27. The van der Waals surface area contributed by atoms with Gasteiger partial charge in [0.15, 0.2) is 0 Å². The molecule has 0 spiro atoms. The van der Waals surface area contributed by atoms with Gasteiger partial charge in [-0.3, -0.25) is 0 Å². The standard InChI is InChI=1S/C17H23As2F2N2O2/c1-2-3-6-19(11-4-7-23-8-5-11)17(25)18-13-9-12(16(22)24)14(20)10-15(13)21/h9-11,23H,2-8H2,1H3,(H2,22,24). The van der Waals surface area contributed by atoms with E-state index in [0.29, 0.717) is 10.8 Å². The Morgan fingerprint density at radius 1 is 1.28 bits per heavy atom. The molecule has 0 saturated carbocycles. The van der Waals surface area contributed by atoms with Crippen LogP contribution in [0.2, 0.25) is 9.91 Å². The van der Waals surface area contributed by atoms with Gasteiger partial charge in [0.2, 0.25) is 0 Å². The third-order valence-corrected chi connectivity index (χ3v) is 15.4. The number of benzene rings is 1. The second-order valence-corrected chi connectivity index (χ2v) is 15.4. The van der Waals surface area contributed by atoms with E-state index in [1.54, 1.807) is 0 Å². The van der Waals surface area contributed by atoms with E-state index in [4.69, 9.17) is 5.73 Å². The Morgan fingerprint density at radius 3 is 2.56 bits per heavy atom. The van der Waals surface area contributed by atoms with Gasteiger partial charge in [-0.1, -0.05) is 0 Å². The number of hydrogen-bond acceptors (Lipinski definition) is 3. The zero-order valence-electron chi connectivity index (χ0n) is 14.2. The molecule has 1 aromatic carbocycles. The first-order chi connectivity index (χ1) is 11.9. The second-order valence-electron chi connectivity index (χ2n) is 6.07. The summed E-state index contributed by atoms with van der Waals surface area (Å²) in [5.41, 5.74) is 4.79. The maximum absolute atomic E-state index is 14.1. The Labute approximate surface area is 158 Å². The van der Waals surface area contributed by atoms with Crippen LogP contribution in [-0.2, 0) is 0 Å². The molecule has 0 bridgehead atoms. The summed E-state index contributed by atoms with van der Waals surface area (Å²) in [6.45, 7) is 3.97. The van der Waals surface area contributed by atoms with E-state index >= 15 is 0 Å². The van der Waals surface area contributed by atoms with Gasteiger partial charge in [-0.25, -0.2) is 0 Å². The number of carbonyl (C=O) groups is 2. The van der Waals surface area contributed by atoms with Crippen molar-refractivity contribution >= 4 is 44.0 Å². The van der Waals surface area contributed by atoms with Crippen molar-refractivity contribution in [1.29, 1.82) is 0 Å². The van der Waals surface area contributed by atoms with Gasteiger partial charge in [0.1, 0.15) is 0 Å². The minimum absolute atomic E-state index is 0.168. The Kier molecular flexibility index (Phi) is 8.12.